The van der Waals surface area contributed by atoms with Crippen molar-refractivity contribution < 1.29 is 19.4 Å². The molecule has 0 fully saturated rings. The van der Waals surface area contributed by atoms with Crippen LogP contribution < -0.4 is 10.1 Å². The lowest BCUT2D eigenvalue weighted by atomic mass is 10.1. The van der Waals surface area contributed by atoms with Crippen molar-refractivity contribution in [3.8, 4) is 11.8 Å². The summed E-state index contributed by atoms with van der Waals surface area (Å²) >= 11 is 6.78. The average molecular weight is 556 g/mol. The first-order chi connectivity index (χ1) is 15.4. The van der Waals surface area contributed by atoms with E-state index in [2.05, 4.69) is 37.2 Å². The molecular weight excluding hydrogens is 540 g/mol. The van der Waals surface area contributed by atoms with Gasteiger partial charge < -0.3 is 15.2 Å². The predicted octanol–water partition coefficient (Wildman–Crippen LogP) is 6.03. The number of nitrogens with zero attached hydrogens (tertiary/aromatic N) is 1. The molecule has 6 nitrogen and oxygen atoms in total. The van der Waals surface area contributed by atoms with Gasteiger partial charge in [-0.2, -0.15) is 5.26 Å². The first-order valence-corrected chi connectivity index (χ1v) is 10.9. The van der Waals surface area contributed by atoms with Crippen molar-refractivity contribution in [2.24, 2.45) is 0 Å². The summed E-state index contributed by atoms with van der Waals surface area (Å²) in [4.78, 5) is 23.4. The van der Waals surface area contributed by atoms with Gasteiger partial charge in [0.25, 0.3) is 5.91 Å². The first kappa shape index (κ1) is 23.3. The van der Waals surface area contributed by atoms with Crippen LogP contribution >= 0.6 is 31.9 Å². The van der Waals surface area contributed by atoms with Crippen molar-refractivity contribution in [2.45, 2.75) is 6.61 Å². The highest BCUT2D eigenvalue weighted by atomic mass is 79.9. The molecule has 8 heteroatoms. The monoisotopic (exact) mass is 554 g/mol. The number of amides is 1. The standard InChI is InChI=1S/C24H16Br2N2O4/c25-19-2-1-3-20(12-19)28-23(29)18(13-27)10-16-6-9-22(21(26)11-16)32-14-15-4-7-17(8-5-15)24(30)31/h1-12H,14H2,(H,28,29)(H,30,31)/b18-10-. The zero-order chi connectivity index (χ0) is 23.1. The van der Waals surface area contributed by atoms with Gasteiger partial charge in [0.1, 0.15) is 24.0 Å². The predicted molar refractivity (Wildman–Crippen MR) is 128 cm³/mol. The smallest absolute Gasteiger partial charge is 0.335 e. The number of carbonyl (C=O) groups excluding carboxylic acids is 1. The van der Waals surface area contributed by atoms with Crippen molar-refractivity contribution in [2.75, 3.05) is 5.32 Å². The molecule has 0 atom stereocenters. The third-order valence-electron chi connectivity index (χ3n) is 4.31. The second kappa shape index (κ2) is 10.8. The van der Waals surface area contributed by atoms with E-state index in [1.54, 1.807) is 48.5 Å². The van der Waals surface area contributed by atoms with Gasteiger partial charge in [0.2, 0.25) is 0 Å². The number of carboxylic acid groups (broad SMARTS) is 1. The van der Waals surface area contributed by atoms with E-state index in [-0.39, 0.29) is 17.7 Å². The molecule has 0 saturated heterocycles. The Kier molecular flexibility index (Phi) is 7.82. The molecule has 0 unspecified atom stereocenters. The van der Waals surface area contributed by atoms with E-state index >= 15 is 0 Å². The van der Waals surface area contributed by atoms with Crippen molar-refractivity contribution in [1.29, 1.82) is 5.26 Å². The molecule has 0 spiro atoms. The van der Waals surface area contributed by atoms with E-state index < -0.39 is 11.9 Å². The fourth-order valence-corrected chi connectivity index (χ4v) is 3.62. The highest BCUT2D eigenvalue weighted by Crippen LogP contribution is 2.28. The Morgan fingerprint density at radius 3 is 2.44 bits per heavy atom. The molecule has 0 radical (unpaired) electrons. The third kappa shape index (κ3) is 6.30. The summed E-state index contributed by atoms with van der Waals surface area (Å²) in [6.45, 7) is 0.256. The third-order valence-corrected chi connectivity index (χ3v) is 5.42. The summed E-state index contributed by atoms with van der Waals surface area (Å²) in [5.74, 6) is -0.917. The number of hydrogen-bond donors (Lipinski definition) is 2. The maximum atomic E-state index is 12.4. The molecule has 0 aliphatic carbocycles. The number of ether oxygens (including phenoxy) is 1. The summed E-state index contributed by atoms with van der Waals surface area (Å²) in [5, 5.41) is 21.1. The van der Waals surface area contributed by atoms with Crippen LogP contribution in [-0.2, 0) is 11.4 Å². The molecule has 0 saturated carbocycles. The van der Waals surface area contributed by atoms with Crippen LogP contribution in [0.2, 0.25) is 0 Å². The van der Waals surface area contributed by atoms with Gasteiger partial charge in [-0.3, -0.25) is 4.79 Å². The van der Waals surface area contributed by atoms with Gasteiger partial charge in [-0.25, -0.2) is 4.79 Å². The van der Waals surface area contributed by atoms with Crippen LogP contribution in [0.3, 0.4) is 0 Å². The number of hydrogen-bond acceptors (Lipinski definition) is 4. The fraction of sp³-hybridized carbons (Fsp3) is 0.0417. The van der Waals surface area contributed by atoms with Crippen molar-refractivity contribution >= 4 is 55.5 Å². The van der Waals surface area contributed by atoms with Crippen LogP contribution in [0.25, 0.3) is 6.08 Å². The summed E-state index contributed by atoms with van der Waals surface area (Å²) in [7, 11) is 0. The van der Waals surface area contributed by atoms with Crippen LogP contribution in [0.4, 0.5) is 5.69 Å². The lowest BCUT2D eigenvalue weighted by Crippen LogP contribution is -2.13. The highest BCUT2D eigenvalue weighted by Gasteiger charge is 2.11. The van der Waals surface area contributed by atoms with Crippen molar-refractivity contribution in [1.82, 2.24) is 0 Å². The maximum absolute atomic E-state index is 12.4. The minimum absolute atomic E-state index is 0.0379. The largest absolute Gasteiger partial charge is 0.488 e. The quantitative estimate of drug-likeness (QED) is 0.274. The number of benzene rings is 3. The second-order valence-corrected chi connectivity index (χ2v) is 8.38. The number of carboxylic acids is 1. The Labute approximate surface area is 201 Å². The van der Waals surface area contributed by atoms with E-state index in [9.17, 15) is 14.9 Å². The van der Waals surface area contributed by atoms with E-state index in [0.717, 1.165) is 10.0 Å². The summed E-state index contributed by atoms with van der Waals surface area (Å²) in [6.07, 6.45) is 1.49. The van der Waals surface area contributed by atoms with Gasteiger partial charge in [0, 0.05) is 10.2 Å². The zero-order valence-corrected chi connectivity index (χ0v) is 19.7. The molecule has 0 aliphatic rings. The Hall–Kier alpha value is -3.41. The van der Waals surface area contributed by atoms with Crippen LogP contribution in [0, 0.1) is 11.3 Å². The molecular formula is C24H16Br2N2O4. The molecule has 160 valence electrons. The Balaban J connectivity index is 1.68. The molecule has 2 N–H and O–H groups in total. The Morgan fingerprint density at radius 1 is 1.06 bits per heavy atom. The topological polar surface area (TPSA) is 99.4 Å². The Bertz CT molecular complexity index is 1230. The molecule has 0 heterocycles. The summed E-state index contributed by atoms with van der Waals surface area (Å²) in [6, 6.07) is 20.6. The SMILES string of the molecule is N#C/C(=C/c1ccc(OCc2ccc(C(=O)O)cc2)c(Br)c1)C(=O)Nc1cccc(Br)c1. The normalized spacial score (nSPS) is 10.8. The number of nitriles is 1. The van der Waals surface area contributed by atoms with Gasteiger partial charge >= 0.3 is 5.97 Å². The van der Waals surface area contributed by atoms with E-state index in [4.69, 9.17) is 9.84 Å². The van der Waals surface area contributed by atoms with Crippen molar-refractivity contribution in [3.05, 3.63) is 97.9 Å². The van der Waals surface area contributed by atoms with Gasteiger partial charge in [0.05, 0.1) is 10.0 Å². The van der Waals surface area contributed by atoms with E-state index in [1.807, 2.05) is 12.1 Å². The summed E-state index contributed by atoms with van der Waals surface area (Å²) in [5.41, 5.74) is 2.22. The second-order valence-electron chi connectivity index (χ2n) is 6.61. The number of carbonyl (C=O) groups is 2. The molecule has 3 aromatic carbocycles. The van der Waals surface area contributed by atoms with Crippen LogP contribution in [0.1, 0.15) is 21.5 Å². The fourth-order valence-electron chi connectivity index (χ4n) is 2.71. The van der Waals surface area contributed by atoms with Crippen LogP contribution in [-0.4, -0.2) is 17.0 Å². The Morgan fingerprint density at radius 2 is 1.81 bits per heavy atom. The molecule has 1 amide bonds. The molecule has 0 aromatic heterocycles. The lowest BCUT2D eigenvalue weighted by molar-refractivity contribution is -0.112. The van der Waals surface area contributed by atoms with Crippen LogP contribution in [0.15, 0.2) is 81.2 Å². The van der Waals surface area contributed by atoms with Gasteiger partial charge in [-0.1, -0.05) is 40.2 Å². The zero-order valence-electron chi connectivity index (χ0n) is 16.5. The molecule has 0 aliphatic heterocycles. The van der Waals surface area contributed by atoms with Crippen LogP contribution in [0.5, 0.6) is 5.75 Å². The number of halogens is 2. The highest BCUT2D eigenvalue weighted by molar-refractivity contribution is 9.10. The van der Waals surface area contributed by atoms with Gasteiger partial charge in [-0.05, 0) is 75.6 Å². The average Bonchev–Trinajstić information content (AvgIpc) is 2.77. The minimum Gasteiger partial charge on any atom is -0.488 e. The number of aromatic carboxylic acids is 1. The summed E-state index contributed by atoms with van der Waals surface area (Å²) < 4.78 is 7.25. The minimum atomic E-state index is -0.981. The van der Waals surface area contributed by atoms with Gasteiger partial charge in [-0.15, -0.1) is 0 Å². The maximum Gasteiger partial charge on any atom is 0.335 e. The number of nitrogens with one attached hydrogen (secondary N) is 1. The lowest BCUT2D eigenvalue weighted by Gasteiger charge is -2.10. The molecule has 3 aromatic rings. The molecule has 3 rings (SSSR count). The number of anilines is 1. The van der Waals surface area contributed by atoms with Gasteiger partial charge in [0.15, 0.2) is 0 Å². The molecule has 32 heavy (non-hydrogen) atoms. The number of rotatable bonds is 7. The first-order valence-electron chi connectivity index (χ1n) is 9.29. The van der Waals surface area contributed by atoms with E-state index in [1.165, 1.54) is 18.2 Å². The van der Waals surface area contributed by atoms with E-state index in [0.29, 0.717) is 21.5 Å². The molecule has 0 bridgehead atoms. The van der Waals surface area contributed by atoms with Crippen molar-refractivity contribution in [3.63, 3.8) is 0 Å².